The van der Waals surface area contributed by atoms with E-state index in [1.165, 1.54) is 0 Å². The first kappa shape index (κ1) is 14.4. The van der Waals surface area contributed by atoms with E-state index in [0.29, 0.717) is 0 Å². The van der Waals surface area contributed by atoms with Gasteiger partial charge in [0, 0.05) is 26.3 Å². The van der Waals surface area contributed by atoms with E-state index in [1.54, 1.807) is 13.3 Å². The van der Waals surface area contributed by atoms with Gasteiger partial charge < -0.3 is 15.4 Å². The second-order valence-corrected chi connectivity index (χ2v) is 4.88. The maximum Gasteiger partial charge on any atom is 0.161 e. The van der Waals surface area contributed by atoms with E-state index in [9.17, 15) is 0 Å². The standard InChI is InChI=1S/C15H22N4O/c1-5-19-15(13(20-4)10-17-19)14(16)11-6-8-12(9-7-11)18(2)3/h6-10,14H,5,16H2,1-4H3. The highest BCUT2D eigenvalue weighted by atomic mass is 16.5. The number of rotatable bonds is 5. The normalized spacial score (nSPS) is 12.2. The molecular weight excluding hydrogens is 252 g/mol. The van der Waals surface area contributed by atoms with Crippen molar-refractivity contribution in [3.63, 3.8) is 0 Å². The van der Waals surface area contributed by atoms with Crippen LogP contribution < -0.4 is 15.4 Å². The molecule has 20 heavy (non-hydrogen) atoms. The van der Waals surface area contributed by atoms with Crippen molar-refractivity contribution in [2.45, 2.75) is 19.5 Å². The van der Waals surface area contributed by atoms with Crippen LogP contribution in [0.4, 0.5) is 5.69 Å². The Morgan fingerprint density at radius 2 is 1.95 bits per heavy atom. The maximum absolute atomic E-state index is 6.39. The van der Waals surface area contributed by atoms with Crippen LogP contribution in [0.3, 0.4) is 0 Å². The van der Waals surface area contributed by atoms with Gasteiger partial charge >= 0.3 is 0 Å². The van der Waals surface area contributed by atoms with E-state index in [2.05, 4.69) is 22.1 Å². The number of anilines is 1. The summed E-state index contributed by atoms with van der Waals surface area (Å²) in [5.74, 6) is 0.732. The first-order valence-electron chi connectivity index (χ1n) is 6.71. The van der Waals surface area contributed by atoms with Gasteiger partial charge in [-0.25, -0.2) is 0 Å². The van der Waals surface area contributed by atoms with Crippen molar-refractivity contribution < 1.29 is 4.74 Å². The molecule has 2 N–H and O–H groups in total. The number of hydrogen-bond donors (Lipinski definition) is 1. The van der Waals surface area contributed by atoms with E-state index in [4.69, 9.17) is 10.5 Å². The number of aryl methyl sites for hydroxylation is 1. The number of aromatic nitrogens is 2. The molecule has 0 radical (unpaired) electrons. The summed E-state index contributed by atoms with van der Waals surface area (Å²) < 4.78 is 7.24. The Morgan fingerprint density at radius 3 is 2.45 bits per heavy atom. The predicted octanol–water partition coefficient (Wildman–Crippen LogP) is 2.03. The minimum Gasteiger partial charge on any atom is -0.493 e. The summed E-state index contributed by atoms with van der Waals surface area (Å²) in [6, 6.07) is 7.98. The van der Waals surface area contributed by atoms with Gasteiger partial charge in [-0.2, -0.15) is 5.10 Å². The lowest BCUT2D eigenvalue weighted by Crippen LogP contribution is -2.18. The Labute approximate surface area is 119 Å². The average molecular weight is 274 g/mol. The van der Waals surface area contributed by atoms with Gasteiger partial charge in [-0.05, 0) is 24.6 Å². The number of methoxy groups -OCH3 is 1. The van der Waals surface area contributed by atoms with Gasteiger partial charge in [0.15, 0.2) is 5.75 Å². The molecule has 0 aliphatic carbocycles. The van der Waals surface area contributed by atoms with E-state index >= 15 is 0 Å². The first-order valence-corrected chi connectivity index (χ1v) is 6.71. The van der Waals surface area contributed by atoms with Crippen LogP contribution in [0.5, 0.6) is 5.75 Å². The Kier molecular flexibility index (Phi) is 4.29. The van der Waals surface area contributed by atoms with Gasteiger partial charge in [0.2, 0.25) is 0 Å². The van der Waals surface area contributed by atoms with Crippen LogP contribution in [0.1, 0.15) is 24.2 Å². The highest BCUT2D eigenvalue weighted by Gasteiger charge is 2.19. The second kappa shape index (κ2) is 5.96. The lowest BCUT2D eigenvalue weighted by atomic mass is 10.0. The third-order valence-electron chi connectivity index (χ3n) is 3.43. The van der Waals surface area contributed by atoms with Crippen molar-refractivity contribution in [1.82, 2.24) is 9.78 Å². The third kappa shape index (κ3) is 2.63. The predicted molar refractivity (Wildman–Crippen MR) is 81.3 cm³/mol. The van der Waals surface area contributed by atoms with Crippen molar-refractivity contribution in [1.29, 1.82) is 0 Å². The van der Waals surface area contributed by atoms with Crippen molar-refractivity contribution in [2.75, 3.05) is 26.1 Å². The molecule has 0 saturated heterocycles. The maximum atomic E-state index is 6.39. The average Bonchev–Trinajstić information content (AvgIpc) is 2.89. The summed E-state index contributed by atoms with van der Waals surface area (Å²) in [4.78, 5) is 2.06. The quantitative estimate of drug-likeness (QED) is 0.906. The minimum atomic E-state index is -0.247. The Bertz CT molecular complexity index is 538. The molecule has 0 aliphatic heterocycles. The van der Waals surface area contributed by atoms with Gasteiger partial charge in [0.05, 0.1) is 19.3 Å². The van der Waals surface area contributed by atoms with E-state index < -0.39 is 0 Å². The summed E-state index contributed by atoms with van der Waals surface area (Å²) >= 11 is 0. The third-order valence-corrected chi connectivity index (χ3v) is 3.43. The molecule has 1 aromatic carbocycles. The molecule has 0 fully saturated rings. The van der Waals surface area contributed by atoms with Crippen molar-refractivity contribution >= 4 is 5.69 Å². The molecule has 0 spiro atoms. The molecule has 2 aromatic rings. The largest absolute Gasteiger partial charge is 0.493 e. The number of ether oxygens (including phenoxy) is 1. The highest BCUT2D eigenvalue weighted by molar-refractivity contribution is 5.48. The smallest absolute Gasteiger partial charge is 0.161 e. The number of benzene rings is 1. The van der Waals surface area contributed by atoms with Crippen molar-refractivity contribution in [3.05, 3.63) is 41.7 Å². The molecule has 1 heterocycles. The van der Waals surface area contributed by atoms with Gasteiger partial charge in [-0.15, -0.1) is 0 Å². The fraction of sp³-hybridized carbons (Fsp3) is 0.400. The molecule has 0 saturated carbocycles. The Morgan fingerprint density at radius 1 is 1.30 bits per heavy atom. The fourth-order valence-corrected chi connectivity index (χ4v) is 2.24. The zero-order chi connectivity index (χ0) is 14.7. The topological polar surface area (TPSA) is 56.3 Å². The zero-order valence-electron chi connectivity index (χ0n) is 12.5. The molecule has 108 valence electrons. The molecule has 2 rings (SSSR count). The molecule has 5 nitrogen and oxygen atoms in total. The van der Waals surface area contributed by atoms with Gasteiger partial charge in [0.1, 0.15) is 5.69 Å². The van der Waals surface area contributed by atoms with Crippen LogP contribution in [0.15, 0.2) is 30.5 Å². The Hall–Kier alpha value is -2.01. The molecule has 5 heteroatoms. The van der Waals surface area contributed by atoms with Crippen LogP contribution in [0.25, 0.3) is 0 Å². The molecule has 0 aliphatic rings. The number of nitrogens with zero attached hydrogens (tertiary/aromatic N) is 3. The fourth-order valence-electron chi connectivity index (χ4n) is 2.24. The number of nitrogens with two attached hydrogens (primary N) is 1. The van der Waals surface area contributed by atoms with Crippen LogP contribution in [-0.2, 0) is 6.54 Å². The van der Waals surface area contributed by atoms with Crippen molar-refractivity contribution in [3.8, 4) is 5.75 Å². The number of hydrogen-bond acceptors (Lipinski definition) is 4. The summed E-state index contributed by atoms with van der Waals surface area (Å²) in [7, 11) is 5.68. The SMILES string of the molecule is CCn1ncc(OC)c1C(N)c1ccc(N(C)C)cc1. The van der Waals surface area contributed by atoms with Gasteiger partial charge in [-0.1, -0.05) is 12.1 Å². The summed E-state index contributed by atoms with van der Waals surface area (Å²) in [5, 5.41) is 4.30. The molecule has 0 amide bonds. The van der Waals surface area contributed by atoms with E-state index in [-0.39, 0.29) is 6.04 Å². The van der Waals surface area contributed by atoms with Gasteiger partial charge in [-0.3, -0.25) is 4.68 Å². The van der Waals surface area contributed by atoms with E-state index in [0.717, 1.165) is 29.2 Å². The molecule has 1 atom stereocenters. The molecular formula is C15H22N4O. The lowest BCUT2D eigenvalue weighted by molar-refractivity contribution is 0.404. The van der Waals surface area contributed by atoms with Crippen LogP contribution >= 0.6 is 0 Å². The summed E-state index contributed by atoms with van der Waals surface area (Å²) in [6.07, 6.45) is 1.72. The van der Waals surface area contributed by atoms with Crippen molar-refractivity contribution in [2.24, 2.45) is 5.73 Å². The summed E-state index contributed by atoms with van der Waals surface area (Å²) in [6.45, 7) is 2.81. The monoisotopic (exact) mass is 274 g/mol. The molecule has 0 bridgehead atoms. The minimum absolute atomic E-state index is 0.247. The zero-order valence-corrected chi connectivity index (χ0v) is 12.5. The van der Waals surface area contributed by atoms with Gasteiger partial charge in [0.25, 0.3) is 0 Å². The first-order chi connectivity index (χ1) is 9.58. The summed E-state index contributed by atoms with van der Waals surface area (Å²) in [5.41, 5.74) is 9.49. The van der Waals surface area contributed by atoms with E-state index in [1.807, 2.05) is 37.8 Å². The Balaban J connectivity index is 2.35. The highest BCUT2D eigenvalue weighted by Crippen LogP contribution is 2.29. The van der Waals surface area contributed by atoms with Crippen LogP contribution in [-0.4, -0.2) is 31.0 Å². The molecule has 1 unspecified atom stereocenters. The lowest BCUT2D eigenvalue weighted by Gasteiger charge is -2.17. The molecule has 1 aromatic heterocycles. The second-order valence-electron chi connectivity index (χ2n) is 4.88. The van der Waals surface area contributed by atoms with Crippen LogP contribution in [0, 0.1) is 0 Å². The van der Waals surface area contributed by atoms with Crippen LogP contribution in [0.2, 0.25) is 0 Å².